The van der Waals surface area contributed by atoms with Gasteiger partial charge in [-0.15, -0.1) is 0 Å². The van der Waals surface area contributed by atoms with E-state index in [4.69, 9.17) is 0 Å². The summed E-state index contributed by atoms with van der Waals surface area (Å²) in [5.74, 6) is -0.249. The van der Waals surface area contributed by atoms with E-state index in [9.17, 15) is 13.2 Å². The Labute approximate surface area is 173 Å². The molecular weight excluding hydrogens is 386 g/mol. The Morgan fingerprint density at radius 2 is 1.79 bits per heavy atom. The molecule has 0 aromatic heterocycles. The van der Waals surface area contributed by atoms with Crippen LogP contribution in [0.15, 0.2) is 53.4 Å². The van der Waals surface area contributed by atoms with Gasteiger partial charge in [0, 0.05) is 19.2 Å². The largest absolute Gasteiger partial charge is 0.352 e. The molecule has 0 spiro atoms. The molecule has 2 aromatic rings. The lowest BCUT2D eigenvalue weighted by Crippen LogP contribution is -2.29. The number of nitrogens with one attached hydrogen (secondary N) is 1. The SMILES string of the molecule is Cc1ccc(N(C)S(=O)(=O)c2cccc(C(=O)NCCCN3CCCC3)c2)cc1. The molecule has 1 aliphatic heterocycles. The summed E-state index contributed by atoms with van der Waals surface area (Å²) in [5, 5.41) is 2.89. The summed E-state index contributed by atoms with van der Waals surface area (Å²) in [5.41, 5.74) is 1.99. The minimum Gasteiger partial charge on any atom is -0.352 e. The van der Waals surface area contributed by atoms with Crippen molar-refractivity contribution in [2.45, 2.75) is 31.1 Å². The quantitative estimate of drug-likeness (QED) is 0.673. The van der Waals surface area contributed by atoms with E-state index >= 15 is 0 Å². The van der Waals surface area contributed by atoms with E-state index < -0.39 is 10.0 Å². The Balaban J connectivity index is 1.64. The first-order valence-corrected chi connectivity index (χ1v) is 11.5. The second-order valence-electron chi connectivity index (χ2n) is 7.49. The topological polar surface area (TPSA) is 69.7 Å². The number of amides is 1. The number of sulfonamides is 1. The molecule has 29 heavy (non-hydrogen) atoms. The molecule has 0 aliphatic carbocycles. The van der Waals surface area contributed by atoms with Gasteiger partial charge < -0.3 is 10.2 Å². The number of benzene rings is 2. The lowest BCUT2D eigenvalue weighted by Gasteiger charge is -2.20. The van der Waals surface area contributed by atoms with Crippen LogP contribution < -0.4 is 9.62 Å². The molecule has 156 valence electrons. The van der Waals surface area contributed by atoms with Crippen LogP contribution in [-0.4, -0.2) is 52.5 Å². The van der Waals surface area contributed by atoms with Crippen molar-refractivity contribution in [2.75, 3.05) is 37.5 Å². The molecule has 1 saturated heterocycles. The van der Waals surface area contributed by atoms with Crippen molar-refractivity contribution < 1.29 is 13.2 Å². The molecule has 0 radical (unpaired) electrons. The predicted molar refractivity (Wildman–Crippen MR) is 116 cm³/mol. The Bertz CT molecular complexity index is 936. The van der Waals surface area contributed by atoms with Crippen LogP contribution in [0, 0.1) is 6.92 Å². The second kappa shape index (κ2) is 9.41. The lowest BCUT2D eigenvalue weighted by molar-refractivity contribution is 0.0952. The number of carbonyl (C=O) groups excluding carboxylic acids is 1. The Kier molecular flexibility index (Phi) is 6.92. The fourth-order valence-corrected chi connectivity index (χ4v) is 4.70. The summed E-state index contributed by atoms with van der Waals surface area (Å²) in [6.45, 7) is 5.79. The smallest absolute Gasteiger partial charge is 0.264 e. The zero-order valence-electron chi connectivity index (χ0n) is 17.1. The zero-order valence-corrected chi connectivity index (χ0v) is 17.9. The van der Waals surface area contributed by atoms with Crippen molar-refractivity contribution in [1.29, 1.82) is 0 Å². The molecule has 1 fully saturated rings. The van der Waals surface area contributed by atoms with Crippen molar-refractivity contribution in [3.63, 3.8) is 0 Å². The fourth-order valence-electron chi connectivity index (χ4n) is 3.46. The van der Waals surface area contributed by atoms with E-state index in [0.717, 1.165) is 31.6 Å². The van der Waals surface area contributed by atoms with Crippen molar-refractivity contribution >= 4 is 21.6 Å². The van der Waals surface area contributed by atoms with Crippen molar-refractivity contribution in [3.8, 4) is 0 Å². The van der Waals surface area contributed by atoms with Crippen LogP contribution in [0.3, 0.4) is 0 Å². The average Bonchev–Trinajstić information content (AvgIpc) is 3.25. The van der Waals surface area contributed by atoms with Gasteiger partial charge in [-0.3, -0.25) is 9.10 Å². The Morgan fingerprint density at radius 3 is 2.48 bits per heavy atom. The summed E-state index contributed by atoms with van der Waals surface area (Å²) in [4.78, 5) is 15.0. The number of nitrogens with zero attached hydrogens (tertiary/aromatic N) is 2. The minimum atomic E-state index is -3.75. The maximum atomic E-state index is 13.0. The van der Waals surface area contributed by atoms with Crippen LogP contribution in [-0.2, 0) is 10.0 Å². The van der Waals surface area contributed by atoms with Gasteiger partial charge in [0.2, 0.25) is 0 Å². The third kappa shape index (κ3) is 5.36. The van der Waals surface area contributed by atoms with Gasteiger partial charge in [-0.1, -0.05) is 23.8 Å². The molecule has 2 aromatic carbocycles. The van der Waals surface area contributed by atoms with Crippen LogP contribution in [0.2, 0.25) is 0 Å². The van der Waals surface area contributed by atoms with E-state index in [0.29, 0.717) is 17.8 Å². The molecule has 1 amide bonds. The first kappa shape index (κ1) is 21.3. The number of rotatable bonds is 8. The highest BCUT2D eigenvalue weighted by Crippen LogP contribution is 2.23. The molecule has 1 aliphatic rings. The van der Waals surface area contributed by atoms with Crippen LogP contribution in [0.4, 0.5) is 5.69 Å². The number of aryl methyl sites for hydroxylation is 1. The summed E-state index contributed by atoms with van der Waals surface area (Å²) >= 11 is 0. The van der Waals surface area contributed by atoms with Crippen molar-refractivity contribution in [3.05, 3.63) is 59.7 Å². The molecule has 0 bridgehead atoms. The molecule has 1 N–H and O–H groups in total. The van der Waals surface area contributed by atoms with Crippen LogP contribution in [0.5, 0.6) is 0 Å². The van der Waals surface area contributed by atoms with E-state index in [1.165, 1.54) is 36.3 Å². The average molecular weight is 416 g/mol. The monoisotopic (exact) mass is 415 g/mol. The third-order valence-corrected chi connectivity index (χ3v) is 7.07. The highest BCUT2D eigenvalue weighted by molar-refractivity contribution is 7.92. The third-order valence-electron chi connectivity index (χ3n) is 5.29. The van der Waals surface area contributed by atoms with Gasteiger partial charge in [-0.05, 0) is 76.2 Å². The van der Waals surface area contributed by atoms with Crippen molar-refractivity contribution in [1.82, 2.24) is 10.2 Å². The molecule has 3 rings (SSSR count). The van der Waals surface area contributed by atoms with Crippen LogP contribution in [0.1, 0.15) is 35.2 Å². The van der Waals surface area contributed by atoms with E-state index in [-0.39, 0.29) is 10.8 Å². The van der Waals surface area contributed by atoms with Gasteiger partial charge in [-0.2, -0.15) is 0 Å². The van der Waals surface area contributed by atoms with E-state index in [2.05, 4.69) is 10.2 Å². The summed E-state index contributed by atoms with van der Waals surface area (Å²) < 4.78 is 27.2. The molecule has 0 unspecified atom stereocenters. The van der Waals surface area contributed by atoms with E-state index in [1.54, 1.807) is 24.3 Å². The molecule has 7 heteroatoms. The molecule has 1 heterocycles. The molecule has 6 nitrogen and oxygen atoms in total. The van der Waals surface area contributed by atoms with Gasteiger partial charge >= 0.3 is 0 Å². The summed E-state index contributed by atoms with van der Waals surface area (Å²) in [7, 11) is -2.23. The van der Waals surface area contributed by atoms with Gasteiger partial charge in [0.15, 0.2) is 0 Å². The first-order valence-electron chi connectivity index (χ1n) is 10.0. The number of carbonyl (C=O) groups is 1. The van der Waals surface area contributed by atoms with Crippen LogP contribution in [0.25, 0.3) is 0 Å². The maximum Gasteiger partial charge on any atom is 0.264 e. The summed E-state index contributed by atoms with van der Waals surface area (Å²) in [6, 6.07) is 13.5. The molecule has 0 saturated carbocycles. The fraction of sp³-hybridized carbons (Fsp3) is 0.409. The summed E-state index contributed by atoms with van der Waals surface area (Å²) in [6.07, 6.45) is 3.40. The normalized spacial score (nSPS) is 14.7. The van der Waals surface area contributed by atoms with Gasteiger partial charge in [0.1, 0.15) is 0 Å². The second-order valence-corrected chi connectivity index (χ2v) is 9.46. The standard InChI is InChI=1S/C22H29N3O3S/c1-18-9-11-20(12-10-18)24(2)29(27,28)21-8-5-7-19(17-21)22(26)23-13-6-16-25-14-3-4-15-25/h5,7-12,17H,3-4,6,13-16H2,1-2H3,(H,23,26). The predicted octanol–water partition coefficient (Wildman–Crippen LogP) is 3.04. The van der Waals surface area contributed by atoms with Gasteiger partial charge in [-0.25, -0.2) is 8.42 Å². The van der Waals surface area contributed by atoms with Crippen LogP contribution >= 0.6 is 0 Å². The highest BCUT2D eigenvalue weighted by atomic mass is 32.2. The Hall–Kier alpha value is -2.38. The van der Waals surface area contributed by atoms with E-state index in [1.807, 2.05) is 19.1 Å². The minimum absolute atomic E-state index is 0.102. The van der Waals surface area contributed by atoms with Crippen molar-refractivity contribution in [2.24, 2.45) is 0 Å². The molecule has 0 atom stereocenters. The maximum absolute atomic E-state index is 13.0. The zero-order chi connectivity index (χ0) is 20.9. The number of hydrogen-bond acceptors (Lipinski definition) is 4. The number of hydrogen-bond donors (Lipinski definition) is 1. The van der Waals surface area contributed by atoms with Gasteiger partial charge in [0.25, 0.3) is 15.9 Å². The lowest BCUT2D eigenvalue weighted by atomic mass is 10.2. The molecular formula is C22H29N3O3S. The van der Waals surface area contributed by atoms with Gasteiger partial charge in [0.05, 0.1) is 10.6 Å². The first-order chi connectivity index (χ1) is 13.9. The highest BCUT2D eigenvalue weighted by Gasteiger charge is 2.22. The number of anilines is 1. The number of likely N-dealkylation sites (tertiary alicyclic amines) is 1. The Morgan fingerprint density at radius 1 is 1.10 bits per heavy atom.